The summed E-state index contributed by atoms with van der Waals surface area (Å²) in [4.78, 5) is 28.2. The number of amides is 1. The molecule has 2 aromatic carbocycles. The first-order valence-electron chi connectivity index (χ1n) is 8.32. The number of esters is 1. The maximum absolute atomic E-state index is 12.8. The van der Waals surface area contributed by atoms with Crippen molar-refractivity contribution < 1.29 is 18.7 Å². The minimum Gasteiger partial charge on any atom is -0.451 e. The third-order valence-corrected chi connectivity index (χ3v) is 4.68. The van der Waals surface area contributed by atoms with E-state index in [4.69, 9.17) is 4.74 Å². The van der Waals surface area contributed by atoms with Gasteiger partial charge in [-0.15, -0.1) is 11.3 Å². The van der Waals surface area contributed by atoms with E-state index in [1.165, 1.54) is 41.2 Å². The van der Waals surface area contributed by atoms with Gasteiger partial charge in [-0.25, -0.2) is 14.2 Å². The molecule has 0 atom stereocenters. The molecule has 0 saturated carbocycles. The van der Waals surface area contributed by atoms with Crippen LogP contribution in [-0.2, 0) is 16.0 Å². The van der Waals surface area contributed by atoms with Crippen LogP contribution in [0.25, 0.3) is 10.6 Å². The van der Waals surface area contributed by atoms with Crippen LogP contribution in [0.15, 0.2) is 53.9 Å². The van der Waals surface area contributed by atoms with Gasteiger partial charge in [-0.2, -0.15) is 0 Å². The summed E-state index contributed by atoms with van der Waals surface area (Å²) in [6.45, 7) is 1.63. The standard InChI is InChI=1S/C20H17FN2O3S/c1-2-13-3-5-14(6-4-13)19-23-17(12-27-19)20(25)26-11-18(24)22-16-9-7-15(21)8-10-16/h3-10,12H,2,11H2,1H3,(H,22,24). The number of aromatic nitrogens is 1. The van der Waals surface area contributed by atoms with Crippen molar-refractivity contribution in [2.75, 3.05) is 11.9 Å². The molecular formula is C20H17FN2O3S. The average molecular weight is 384 g/mol. The summed E-state index contributed by atoms with van der Waals surface area (Å²) < 4.78 is 17.8. The summed E-state index contributed by atoms with van der Waals surface area (Å²) in [5, 5.41) is 4.83. The highest BCUT2D eigenvalue weighted by Gasteiger charge is 2.15. The molecule has 1 N–H and O–H groups in total. The van der Waals surface area contributed by atoms with Gasteiger partial charge >= 0.3 is 5.97 Å². The van der Waals surface area contributed by atoms with Crippen LogP contribution in [0.3, 0.4) is 0 Å². The van der Waals surface area contributed by atoms with Crippen LogP contribution in [0.2, 0.25) is 0 Å². The highest BCUT2D eigenvalue weighted by atomic mass is 32.1. The molecule has 7 heteroatoms. The number of hydrogen-bond donors (Lipinski definition) is 1. The minimum absolute atomic E-state index is 0.157. The van der Waals surface area contributed by atoms with E-state index in [-0.39, 0.29) is 5.69 Å². The number of halogens is 1. The summed E-state index contributed by atoms with van der Waals surface area (Å²) in [7, 11) is 0. The molecule has 1 heterocycles. The molecule has 0 bridgehead atoms. The van der Waals surface area contributed by atoms with Crippen molar-refractivity contribution in [1.29, 1.82) is 0 Å². The first kappa shape index (κ1) is 18.7. The predicted molar refractivity (Wildman–Crippen MR) is 102 cm³/mol. The van der Waals surface area contributed by atoms with E-state index in [1.807, 2.05) is 24.3 Å². The van der Waals surface area contributed by atoms with Gasteiger partial charge in [0.15, 0.2) is 12.3 Å². The molecule has 3 rings (SSSR count). The molecule has 138 valence electrons. The molecule has 0 unspecified atom stereocenters. The molecule has 0 saturated heterocycles. The SMILES string of the molecule is CCc1ccc(-c2nc(C(=O)OCC(=O)Nc3ccc(F)cc3)cs2)cc1. The Bertz CT molecular complexity index is 937. The van der Waals surface area contributed by atoms with Crippen molar-refractivity contribution in [3.05, 3.63) is 71.0 Å². The Morgan fingerprint density at radius 3 is 2.48 bits per heavy atom. The van der Waals surface area contributed by atoms with Gasteiger partial charge < -0.3 is 10.1 Å². The number of nitrogens with zero attached hydrogens (tertiary/aromatic N) is 1. The van der Waals surface area contributed by atoms with Crippen LogP contribution < -0.4 is 5.32 Å². The number of hydrogen-bond acceptors (Lipinski definition) is 5. The molecular weight excluding hydrogens is 367 g/mol. The predicted octanol–water partition coefficient (Wildman–Crippen LogP) is 4.31. The first-order chi connectivity index (χ1) is 13.0. The fourth-order valence-corrected chi connectivity index (χ4v) is 3.11. The number of aryl methyl sites for hydroxylation is 1. The molecule has 0 fully saturated rings. The van der Waals surface area contributed by atoms with Gasteiger partial charge in [0.2, 0.25) is 0 Å². The Balaban J connectivity index is 1.55. The third-order valence-electron chi connectivity index (χ3n) is 3.78. The number of nitrogens with one attached hydrogen (secondary N) is 1. The maximum Gasteiger partial charge on any atom is 0.358 e. The Labute approximate surface area is 159 Å². The fraction of sp³-hybridized carbons (Fsp3) is 0.150. The highest BCUT2D eigenvalue weighted by molar-refractivity contribution is 7.13. The molecule has 3 aromatic rings. The lowest BCUT2D eigenvalue weighted by molar-refractivity contribution is -0.119. The normalized spacial score (nSPS) is 10.4. The summed E-state index contributed by atoms with van der Waals surface area (Å²) in [6.07, 6.45) is 0.954. The van der Waals surface area contributed by atoms with Crippen LogP contribution in [0.4, 0.5) is 10.1 Å². The van der Waals surface area contributed by atoms with Gasteiger partial charge in [0.1, 0.15) is 10.8 Å². The lowest BCUT2D eigenvalue weighted by Gasteiger charge is -2.05. The number of ether oxygens (including phenoxy) is 1. The Morgan fingerprint density at radius 1 is 1.11 bits per heavy atom. The van der Waals surface area contributed by atoms with Crippen LogP contribution in [0, 0.1) is 5.82 Å². The lowest BCUT2D eigenvalue weighted by Crippen LogP contribution is -2.21. The molecule has 27 heavy (non-hydrogen) atoms. The zero-order chi connectivity index (χ0) is 19.2. The van der Waals surface area contributed by atoms with Gasteiger partial charge in [-0.1, -0.05) is 31.2 Å². The van der Waals surface area contributed by atoms with Crippen LogP contribution >= 0.6 is 11.3 Å². The number of rotatable bonds is 6. The van der Waals surface area contributed by atoms with Gasteiger partial charge in [-0.05, 0) is 36.2 Å². The average Bonchev–Trinajstić information content (AvgIpc) is 3.18. The summed E-state index contributed by atoms with van der Waals surface area (Å²) >= 11 is 1.33. The van der Waals surface area contributed by atoms with Crippen molar-refractivity contribution in [3.63, 3.8) is 0 Å². The van der Waals surface area contributed by atoms with Crippen molar-refractivity contribution in [2.24, 2.45) is 0 Å². The van der Waals surface area contributed by atoms with Crippen LogP contribution in [0.1, 0.15) is 23.0 Å². The number of carbonyl (C=O) groups is 2. The van der Waals surface area contributed by atoms with Crippen LogP contribution in [0.5, 0.6) is 0 Å². The minimum atomic E-state index is -0.670. The monoisotopic (exact) mass is 384 g/mol. The van der Waals surface area contributed by atoms with Crippen LogP contribution in [-0.4, -0.2) is 23.5 Å². The smallest absolute Gasteiger partial charge is 0.358 e. The Morgan fingerprint density at radius 2 is 1.81 bits per heavy atom. The summed E-state index contributed by atoms with van der Waals surface area (Å²) in [6, 6.07) is 13.3. The second-order valence-electron chi connectivity index (χ2n) is 5.72. The third kappa shape index (κ3) is 4.98. The van der Waals surface area contributed by atoms with Gasteiger partial charge in [-0.3, -0.25) is 4.79 Å². The van der Waals surface area contributed by atoms with E-state index in [9.17, 15) is 14.0 Å². The van der Waals surface area contributed by atoms with Gasteiger partial charge in [0.05, 0.1) is 0 Å². The molecule has 0 aliphatic heterocycles. The molecule has 1 aromatic heterocycles. The number of anilines is 1. The zero-order valence-electron chi connectivity index (χ0n) is 14.6. The van der Waals surface area contributed by atoms with Crippen molar-refractivity contribution >= 4 is 28.9 Å². The molecule has 1 amide bonds. The van der Waals surface area contributed by atoms with Crippen molar-refractivity contribution in [2.45, 2.75) is 13.3 Å². The van der Waals surface area contributed by atoms with Crippen molar-refractivity contribution in [1.82, 2.24) is 4.98 Å². The van der Waals surface area contributed by atoms with E-state index >= 15 is 0 Å². The second-order valence-corrected chi connectivity index (χ2v) is 6.58. The quantitative estimate of drug-likeness (QED) is 0.643. The Hall–Kier alpha value is -3.06. The van der Waals surface area contributed by atoms with Gasteiger partial charge in [0.25, 0.3) is 5.91 Å². The zero-order valence-corrected chi connectivity index (χ0v) is 15.4. The molecule has 0 aliphatic rings. The number of thiazole rings is 1. The van der Waals surface area contributed by atoms with E-state index < -0.39 is 24.3 Å². The lowest BCUT2D eigenvalue weighted by atomic mass is 10.1. The summed E-state index contributed by atoms with van der Waals surface area (Å²) in [5.41, 5.74) is 2.72. The summed E-state index contributed by atoms with van der Waals surface area (Å²) in [5.74, 6) is -1.58. The van der Waals surface area contributed by atoms with E-state index in [0.29, 0.717) is 10.7 Å². The molecule has 0 spiro atoms. The second kappa shape index (κ2) is 8.55. The molecule has 0 aliphatic carbocycles. The molecule has 5 nitrogen and oxygen atoms in total. The van der Waals surface area contributed by atoms with Crippen molar-refractivity contribution in [3.8, 4) is 10.6 Å². The highest BCUT2D eigenvalue weighted by Crippen LogP contribution is 2.24. The van der Waals surface area contributed by atoms with E-state index in [2.05, 4.69) is 17.2 Å². The maximum atomic E-state index is 12.8. The molecule has 0 radical (unpaired) electrons. The van der Waals surface area contributed by atoms with Gasteiger partial charge in [0, 0.05) is 16.6 Å². The largest absolute Gasteiger partial charge is 0.451 e. The number of carbonyl (C=O) groups excluding carboxylic acids is 2. The topological polar surface area (TPSA) is 68.3 Å². The van der Waals surface area contributed by atoms with E-state index in [0.717, 1.165) is 12.0 Å². The van der Waals surface area contributed by atoms with E-state index in [1.54, 1.807) is 5.38 Å². The fourth-order valence-electron chi connectivity index (χ4n) is 2.32. The first-order valence-corrected chi connectivity index (χ1v) is 9.20. The Kier molecular flexibility index (Phi) is 5.93. The number of benzene rings is 2.